The van der Waals surface area contributed by atoms with Gasteiger partial charge in [0.2, 0.25) is 29.0 Å². The molecule has 7 heteroatoms. The molecule has 1 aliphatic carbocycles. The molecule has 0 saturated carbocycles. The molecule has 2 amide bonds. The Labute approximate surface area is 201 Å². The second kappa shape index (κ2) is 7.45. The number of benzene rings is 3. The van der Waals surface area contributed by atoms with Crippen LogP contribution in [0, 0.1) is 18.8 Å². The summed E-state index contributed by atoms with van der Waals surface area (Å²) in [6, 6.07) is 20.3. The lowest BCUT2D eigenvalue weighted by Crippen LogP contribution is -2.51. The van der Waals surface area contributed by atoms with Gasteiger partial charge >= 0.3 is 0 Å². The molecule has 3 unspecified atom stereocenters. The number of ketones is 2. The third kappa shape index (κ3) is 2.70. The smallest absolute Gasteiger partial charge is 0.241 e. The Balaban J connectivity index is 1.54. The number of hydrogen-bond acceptors (Lipinski definition) is 6. The summed E-state index contributed by atoms with van der Waals surface area (Å²) in [7, 11) is 1.52. The Morgan fingerprint density at radius 1 is 0.800 bits per heavy atom. The summed E-state index contributed by atoms with van der Waals surface area (Å²) < 4.78 is 11.5. The van der Waals surface area contributed by atoms with Crippen LogP contribution in [0.15, 0.2) is 72.8 Å². The van der Waals surface area contributed by atoms with E-state index in [4.69, 9.17) is 9.47 Å². The van der Waals surface area contributed by atoms with Crippen molar-refractivity contribution in [1.29, 1.82) is 0 Å². The summed E-state index contributed by atoms with van der Waals surface area (Å²) in [5.74, 6) is -3.96. The summed E-state index contributed by atoms with van der Waals surface area (Å²) in [4.78, 5) is 56.4. The first-order valence-electron chi connectivity index (χ1n) is 11.3. The molecule has 3 aromatic rings. The molecule has 2 aliphatic heterocycles. The number of methoxy groups -OCH3 is 1. The number of nitrogens with zero attached hydrogens (tertiary/aromatic N) is 1. The highest BCUT2D eigenvalue weighted by Crippen LogP contribution is 2.58. The molecule has 3 atom stereocenters. The van der Waals surface area contributed by atoms with Crippen LogP contribution in [0.1, 0.15) is 37.9 Å². The van der Waals surface area contributed by atoms with Gasteiger partial charge in [-0.1, -0.05) is 48.5 Å². The van der Waals surface area contributed by atoms with Gasteiger partial charge in [-0.3, -0.25) is 19.2 Å². The van der Waals surface area contributed by atoms with Crippen LogP contribution in [0.3, 0.4) is 0 Å². The van der Waals surface area contributed by atoms with Gasteiger partial charge < -0.3 is 9.47 Å². The van der Waals surface area contributed by atoms with Gasteiger partial charge in [-0.25, -0.2) is 4.90 Å². The third-order valence-corrected chi connectivity index (χ3v) is 7.34. The van der Waals surface area contributed by atoms with Crippen molar-refractivity contribution in [3.8, 4) is 5.75 Å². The number of hydrogen-bond donors (Lipinski definition) is 0. The van der Waals surface area contributed by atoms with Crippen LogP contribution in [-0.2, 0) is 14.3 Å². The van der Waals surface area contributed by atoms with Crippen LogP contribution in [0.25, 0.3) is 0 Å². The summed E-state index contributed by atoms with van der Waals surface area (Å²) >= 11 is 0. The lowest BCUT2D eigenvalue weighted by molar-refractivity contribution is -0.127. The highest BCUT2D eigenvalue weighted by atomic mass is 16.5. The van der Waals surface area contributed by atoms with Crippen molar-refractivity contribution >= 4 is 29.1 Å². The van der Waals surface area contributed by atoms with Crippen LogP contribution >= 0.6 is 0 Å². The van der Waals surface area contributed by atoms with E-state index in [0.29, 0.717) is 17.0 Å². The zero-order chi connectivity index (χ0) is 24.5. The monoisotopic (exact) mass is 467 g/mol. The first-order valence-corrected chi connectivity index (χ1v) is 11.3. The molecule has 0 radical (unpaired) electrons. The standard InChI is InChI=1S/C28H21NO6/c1-15-7-3-4-8-18(15)23-21-22(27(33)29(26(21)32)16-11-13-17(34-2)14-12-16)28(35-23)24(30)19-9-5-6-10-20(19)25(28)31/h3-14,21-23H,1-2H3. The molecule has 0 aromatic heterocycles. The molecule has 6 rings (SSSR count). The zero-order valence-electron chi connectivity index (χ0n) is 19.1. The second-order valence-corrected chi connectivity index (χ2v) is 9.05. The Morgan fingerprint density at radius 3 is 2.00 bits per heavy atom. The van der Waals surface area contributed by atoms with Gasteiger partial charge in [-0.15, -0.1) is 0 Å². The third-order valence-electron chi connectivity index (χ3n) is 7.34. The normalized spacial score (nSPS) is 24.3. The predicted octanol–water partition coefficient (Wildman–Crippen LogP) is 3.70. The molecule has 7 nitrogen and oxygen atoms in total. The van der Waals surface area contributed by atoms with Gasteiger partial charge in [0.05, 0.1) is 30.7 Å². The quantitative estimate of drug-likeness (QED) is 0.431. The van der Waals surface area contributed by atoms with E-state index in [-0.39, 0.29) is 11.1 Å². The van der Waals surface area contributed by atoms with E-state index in [1.54, 1.807) is 60.7 Å². The maximum Gasteiger partial charge on any atom is 0.241 e. The summed E-state index contributed by atoms with van der Waals surface area (Å²) in [6.45, 7) is 1.87. The van der Waals surface area contributed by atoms with Gasteiger partial charge in [0, 0.05) is 11.1 Å². The van der Waals surface area contributed by atoms with Crippen molar-refractivity contribution < 1.29 is 28.7 Å². The minimum absolute atomic E-state index is 0.213. The highest BCUT2D eigenvalue weighted by molar-refractivity contribution is 6.37. The minimum Gasteiger partial charge on any atom is -0.497 e. The largest absolute Gasteiger partial charge is 0.497 e. The average Bonchev–Trinajstić information content (AvgIpc) is 3.44. The number of amides is 2. The second-order valence-electron chi connectivity index (χ2n) is 9.05. The number of Topliss-reactive ketones (excluding diaryl/α,β-unsaturated/α-hetero) is 2. The predicted molar refractivity (Wildman–Crippen MR) is 125 cm³/mol. The number of ether oxygens (including phenoxy) is 2. The van der Waals surface area contributed by atoms with E-state index in [2.05, 4.69) is 0 Å². The summed E-state index contributed by atoms with van der Waals surface area (Å²) in [5, 5.41) is 0. The van der Waals surface area contributed by atoms with Gasteiger partial charge in [0.15, 0.2) is 0 Å². The Morgan fingerprint density at radius 2 is 1.40 bits per heavy atom. The van der Waals surface area contributed by atoms with Crippen molar-refractivity contribution in [1.82, 2.24) is 0 Å². The Bertz CT molecular complexity index is 1390. The molecule has 35 heavy (non-hydrogen) atoms. The zero-order valence-corrected chi connectivity index (χ0v) is 19.1. The van der Waals surface area contributed by atoms with Crippen molar-refractivity contribution in [3.05, 3.63) is 95.1 Å². The lowest BCUT2D eigenvalue weighted by Gasteiger charge is -2.27. The molecule has 2 saturated heterocycles. The van der Waals surface area contributed by atoms with Crippen molar-refractivity contribution in [3.63, 3.8) is 0 Å². The highest BCUT2D eigenvalue weighted by Gasteiger charge is 2.74. The lowest BCUT2D eigenvalue weighted by atomic mass is 9.77. The number of carbonyl (C=O) groups is 4. The minimum atomic E-state index is -2.07. The molecule has 3 aliphatic rings. The first kappa shape index (κ1) is 21.4. The molecule has 0 bridgehead atoms. The molecule has 3 aromatic carbocycles. The summed E-state index contributed by atoms with van der Waals surface area (Å²) in [6.07, 6.45) is -0.928. The van der Waals surface area contributed by atoms with Crippen molar-refractivity contribution in [2.24, 2.45) is 11.8 Å². The number of aryl methyl sites for hydroxylation is 1. The topological polar surface area (TPSA) is 90.0 Å². The van der Waals surface area contributed by atoms with Crippen LogP contribution in [0.5, 0.6) is 5.75 Å². The van der Waals surface area contributed by atoms with E-state index < -0.39 is 46.9 Å². The fourth-order valence-corrected chi connectivity index (χ4v) is 5.69. The van der Waals surface area contributed by atoms with E-state index in [1.807, 2.05) is 19.1 Å². The Kier molecular flexibility index (Phi) is 4.56. The van der Waals surface area contributed by atoms with Crippen LogP contribution in [-0.4, -0.2) is 36.1 Å². The molecule has 2 fully saturated rings. The molecule has 1 spiro atoms. The number of carbonyl (C=O) groups excluding carboxylic acids is 4. The molecular formula is C28H21NO6. The van der Waals surface area contributed by atoms with Gasteiger partial charge in [0.25, 0.3) is 0 Å². The Hall–Kier alpha value is -4.10. The molecule has 2 heterocycles. The van der Waals surface area contributed by atoms with Crippen molar-refractivity contribution in [2.45, 2.75) is 18.6 Å². The first-order chi connectivity index (χ1) is 16.9. The molecule has 174 valence electrons. The van der Waals surface area contributed by atoms with E-state index in [0.717, 1.165) is 10.5 Å². The SMILES string of the molecule is COc1ccc(N2C(=O)C3C(c4ccccc4C)OC4(C(=O)c5ccccc5C4=O)C3C2=O)cc1. The van der Waals surface area contributed by atoms with Crippen LogP contribution in [0.4, 0.5) is 5.69 Å². The fraction of sp³-hybridized carbons (Fsp3) is 0.214. The molecule has 0 N–H and O–H groups in total. The number of fused-ring (bicyclic) bond motifs is 3. The number of rotatable bonds is 3. The maximum atomic E-state index is 13.9. The van der Waals surface area contributed by atoms with E-state index in [1.165, 1.54) is 7.11 Å². The maximum absolute atomic E-state index is 13.9. The average molecular weight is 467 g/mol. The van der Waals surface area contributed by atoms with Crippen molar-refractivity contribution in [2.75, 3.05) is 12.0 Å². The molecular weight excluding hydrogens is 446 g/mol. The van der Waals surface area contributed by atoms with Crippen LogP contribution < -0.4 is 9.64 Å². The summed E-state index contributed by atoms with van der Waals surface area (Å²) in [5.41, 5.74) is 0.217. The van der Waals surface area contributed by atoms with Gasteiger partial charge in [-0.05, 0) is 42.3 Å². The fourth-order valence-electron chi connectivity index (χ4n) is 5.69. The van der Waals surface area contributed by atoms with E-state index >= 15 is 0 Å². The number of imide groups is 1. The van der Waals surface area contributed by atoms with Gasteiger partial charge in [0.1, 0.15) is 5.75 Å². The number of anilines is 1. The van der Waals surface area contributed by atoms with Gasteiger partial charge in [-0.2, -0.15) is 0 Å². The van der Waals surface area contributed by atoms with E-state index in [9.17, 15) is 19.2 Å². The van der Waals surface area contributed by atoms with Crippen LogP contribution in [0.2, 0.25) is 0 Å².